The quantitative estimate of drug-likeness (QED) is 0.0406. The van der Waals surface area contributed by atoms with Crippen LogP contribution in [-0.2, 0) is 9.53 Å². The summed E-state index contributed by atoms with van der Waals surface area (Å²) < 4.78 is 5.63. The van der Waals surface area contributed by atoms with Gasteiger partial charge in [-0.3, -0.25) is 14.6 Å². The SMILES string of the molecule is CCCCCCCC/C=C\CCCCCCCC(=O)OCCN1CCN(CCO)C1CCCCCCC/C=C\CCCCCCCC.Cl. The van der Waals surface area contributed by atoms with Crippen LogP contribution < -0.4 is 0 Å². The maximum absolute atomic E-state index is 12.3. The van der Waals surface area contributed by atoms with Gasteiger partial charge in [-0.1, -0.05) is 147 Å². The number of unbranched alkanes of at least 4 members (excludes halogenated alkanes) is 22. The Kier molecular flexibility index (Phi) is 36.7. The van der Waals surface area contributed by atoms with E-state index >= 15 is 0 Å². The third-order valence-electron chi connectivity index (χ3n) is 9.91. The van der Waals surface area contributed by atoms with Crippen LogP contribution in [0.1, 0.15) is 194 Å². The summed E-state index contributed by atoms with van der Waals surface area (Å²) in [4.78, 5) is 17.2. The number of β-amino-alcohol motifs (C(OH)–C–C–N with tert-alkyl or cyclic N) is 1. The van der Waals surface area contributed by atoms with Crippen molar-refractivity contribution in [3.63, 3.8) is 0 Å². The highest BCUT2D eigenvalue weighted by Gasteiger charge is 2.30. The third kappa shape index (κ3) is 28.9. The molecule has 1 unspecified atom stereocenters. The summed E-state index contributed by atoms with van der Waals surface area (Å²) in [7, 11) is 0. The molecule has 284 valence electrons. The molecule has 1 aliphatic heterocycles. The Morgan fingerprint density at radius 1 is 0.583 bits per heavy atom. The van der Waals surface area contributed by atoms with Crippen LogP contribution in [0.3, 0.4) is 0 Å². The molecule has 5 nitrogen and oxygen atoms in total. The molecule has 0 aromatic heterocycles. The number of carbonyl (C=O) groups excluding carboxylic acids is 1. The number of ether oxygens (including phenoxy) is 1. The van der Waals surface area contributed by atoms with Crippen molar-refractivity contribution in [2.24, 2.45) is 0 Å². The van der Waals surface area contributed by atoms with E-state index in [4.69, 9.17) is 4.74 Å². The van der Waals surface area contributed by atoms with Crippen LogP contribution in [0.4, 0.5) is 0 Å². The minimum atomic E-state index is -0.0390. The summed E-state index contributed by atoms with van der Waals surface area (Å²) >= 11 is 0. The average molecular weight is 698 g/mol. The number of nitrogens with zero attached hydrogens (tertiary/aromatic N) is 2. The van der Waals surface area contributed by atoms with Crippen LogP contribution in [0.2, 0.25) is 0 Å². The summed E-state index contributed by atoms with van der Waals surface area (Å²) in [5.41, 5.74) is 0. The molecule has 1 aliphatic rings. The van der Waals surface area contributed by atoms with Crippen LogP contribution in [0, 0.1) is 0 Å². The van der Waals surface area contributed by atoms with Gasteiger partial charge < -0.3 is 9.84 Å². The van der Waals surface area contributed by atoms with E-state index in [0.29, 0.717) is 19.2 Å². The zero-order valence-corrected chi connectivity index (χ0v) is 32.8. The molecule has 1 atom stereocenters. The molecule has 1 heterocycles. The van der Waals surface area contributed by atoms with E-state index in [0.717, 1.165) is 45.4 Å². The van der Waals surface area contributed by atoms with Crippen molar-refractivity contribution in [2.45, 2.75) is 200 Å². The fraction of sp³-hybridized carbons (Fsp3) is 0.881. The van der Waals surface area contributed by atoms with Crippen molar-refractivity contribution in [1.29, 1.82) is 0 Å². The second-order valence-corrected chi connectivity index (χ2v) is 14.2. The molecule has 0 aromatic carbocycles. The first-order valence-electron chi connectivity index (χ1n) is 20.8. The van der Waals surface area contributed by atoms with Gasteiger partial charge in [-0.15, -0.1) is 12.4 Å². The van der Waals surface area contributed by atoms with Crippen LogP contribution in [0.25, 0.3) is 0 Å². The van der Waals surface area contributed by atoms with Gasteiger partial charge in [0.25, 0.3) is 0 Å². The standard InChI is InChI=1S/C42H80N2O3.ClH/c1-3-5-7-9-11-13-15-17-19-21-23-25-27-29-31-33-41-43(37-39-45)35-36-44(41)38-40-47-42(46)34-32-30-28-26-24-22-20-18-16-14-12-10-8-6-4-2;/h17-20,41,45H,3-16,21-40H2,1-2H3;1H/b19-17-,20-18-;. The number of carbonyl (C=O) groups is 1. The number of aliphatic hydroxyl groups excluding tert-OH is 1. The zero-order chi connectivity index (χ0) is 33.9. The summed E-state index contributed by atoms with van der Waals surface area (Å²) in [6.45, 7) is 8.79. The fourth-order valence-corrected chi connectivity index (χ4v) is 6.89. The Labute approximate surface area is 305 Å². The molecule has 0 aromatic rings. The van der Waals surface area contributed by atoms with Crippen molar-refractivity contribution in [3.05, 3.63) is 24.3 Å². The van der Waals surface area contributed by atoms with E-state index < -0.39 is 0 Å². The number of esters is 1. The number of halogens is 1. The Morgan fingerprint density at radius 2 is 0.979 bits per heavy atom. The lowest BCUT2D eigenvalue weighted by Gasteiger charge is -2.30. The fourth-order valence-electron chi connectivity index (χ4n) is 6.89. The largest absolute Gasteiger partial charge is 0.464 e. The molecule has 1 N–H and O–H groups in total. The molecule has 1 rings (SSSR count). The van der Waals surface area contributed by atoms with E-state index in [1.807, 2.05) is 0 Å². The van der Waals surface area contributed by atoms with Crippen LogP contribution in [0.15, 0.2) is 24.3 Å². The summed E-state index contributed by atoms with van der Waals surface area (Å²) in [6, 6.07) is 0. The predicted molar refractivity (Wildman–Crippen MR) is 211 cm³/mol. The number of rotatable bonds is 35. The van der Waals surface area contributed by atoms with E-state index in [-0.39, 0.29) is 25.0 Å². The number of hydrogen-bond acceptors (Lipinski definition) is 5. The predicted octanol–water partition coefficient (Wildman–Crippen LogP) is 12.0. The zero-order valence-electron chi connectivity index (χ0n) is 32.0. The smallest absolute Gasteiger partial charge is 0.305 e. The van der Waals surface area contributed by atoms with Gasteiger partial charge in [0.2, 0.25) is 0 Å². The number of aliphatic hydroxyl groups is 1. The third-order valence-corrected chi connectivity index (χ3v) is 9.91. The van der Waals surface area contributed by atoms with E-state index in [1.165, 1.54) is 154 Å². The van der Waals surface area contributed by atoms with Crippen LogP contribution in [0.5, 0.6) is 0 Å². The van der Waals surface area contributed by atoms with Gasteiger partial charge >= 0.3 is 5.97 Å². The topological polar surface area (TPSA) is 53.0 Å². The highest BCUT2D eigenvalue weighted by atomic mass is 35.5. The Bertz CT molecular complexity index is 732. The first kappa shape index (κ1) is 47.1. The Hall–Kier alpha value is -0.880. The Morgan fingerprint density at radius 3 is 1.44 bits per heavy atom. The molecule has 0 amide bonds. The number of allylic oxidation sites excluding steroid dienone is 4. The number of hydrogen-bond donors (Lipinski definition) is 1. The molecule has 6 heteroatoms. The monoisotopic (exact) mass is 697 g/mol. The van der Waals surface area contributed by atoms with Gasteiger partial charge in [-0.2, -0.15) is 0 Å². The maximum Gasteiger partial charge on any atom is 0.305 e. The minimum absolute atomic E-state index is 0. The molecule has 1 saturated heterocycles. The van der Waals surface area contributed by atoms with Gasteiger partial charge in [-0.25, -0.2) is 0 Å². The van der Waals surface area contributed by atoms with Crippen molar-refractivity contribution in [3.8, 4) is 0 Å². The molecule has 0 aliphatic carbocycles. The van der Waals surface area contributed by atoms with Gasteiger partial charge in [0.15, 0.2) is 0 Å². The highest BCUT2D eigenvalue weighted by Crippen LogP contribution is 2.21. The van der Waals surface area contributed by atoms with Crippen LogP contribution >= 0.6 is 12.4 Å². The van der Waals surface area contributed by atoms with Gasteiger partial charge in [0.1, 0.15) is 6.61 Å². The molecule has 0 radical (unpaired) electrons. The van der Waals surface area contributed by atoms with Gasteiger partial charge in [-0.05, 0) is 64.2 Å². The van der Waals surface area contributed by atoms with Crippen molar-refractivity contribution in [1.82, 2.24) is 9.80 Å². The van der Waals surface area contributed by atoms with Crippen molar-refractivity contribution >= 4 is 18.4 Å². The summed E-state index contributed by atoms with van der Waals surface area (Å²) in [5.74, 6) is -0.0390. The molecule has 0 bridgehead atoms. The van der Waals surface area contributed by atoms with Crippen molar-refractivity contribution < 1.29 is 14.6 Å². The first-order chi connectivity index (χ1) is 23.2. The lowest BCUT2D eigenvalue weighted by atomic mass is 10.1. The lowest BCUT2D eigenvalue weighted by molar-refractivity contribution is -0.144. The van der Waals surface area contributed by atoms with Gasteiger partial charge in [0.05, 0.1) is 12.8 Å². The molecule has 0 spiro atoms. The second-order valence-electron chi connectivity index (χ2n) is 14.2. The highest BCUT2D eigenvalue weighted by molar-refractivity contribution is 5.85. The van der Waals surface area contributed by atoms with E-state index in [1.54, 1.807) is 0 Å². The summed E-state index contributed by atoms with van der Waals surface area (Å²) in [6.07, 6.45) is 45.3. The molecule has 1 fully saturated rings. The van der Waals surface area contributed by atoms with Gasteiger partial charge in [0, 0.05) is 32.6 Å². The lowest BCUT2D eigenvalue weighted by Crippen LogP contribution is -2.41. The van der Waals surface area contributed by atoms with Crippen molar-refractivity contribution in [2.75, 3.05) is 39.4 Å². The van der Waals surface area contributed by atoms with E-state index in [2.05, 4.69) is 48.0 Å². The second kappa shape index (κ2) is 37.4. The van der Waals surface area contributed by atoms with E-state index in [9.17, 15) is 9.90 Å². The minimum Gasteiger partial charge on any atom is -0.464 e. The van der Waals surface area contributed by atoms with Crippen LogP contribution in [-0.4, -0.2) is 66.4 Å². The molecular formula is C42H81ClN2O3. The molecular weight excluding hydrogens is 616 g/mol. The Balaban J connectivity index is 0.0000221. The summed E-state index contributed by atoms with van der Waals surface area (Å²) in [5, 5.41) is 9.58. The maximum atomic E-state index is 12.3. The normalized spacial score (nSPS) is 15.6. The average Bonchev–Trinajstić information content (AvgIpc) is 3.45. The first-order valence-corrected chi connectivity index (χ1v) is 20.8. The molecule has 48 heavy (non-hydrogen) atoms. The molecule has 0 saturated carbocycles.